The highest BCUT2D eigenvalue weighted by molar-refractivity contribution is 7.74. The van der Waals surface area contributed by atoms with Gasteiger partial charge >= 0.3 is 0 Å². The van der Waals surface area contributed by atoms with E-state index in [1.165, 1.54) is 110 Å². The standard InChI is InChI=1S/C44H56O2P2/c45-47(35-19-5-1-6-20-35,36-21-7-2-8-22-36)41-31-29-33-17-13-15-27-39(33)43(41)44-40-28-16-14-18-34(40)30-32-42(44)48(46,37-23-9-3-10-24-37)38-25-11-4-12-26-38/h13-18,27-32,35-38H,1-12,19-26H2. The molecule has 0 amide bonds. The summed E-state index contributed by atoms with van der Waals surface area (Å²) < 4.78 is 33.2. The number of fused-ring (bicyclic) bond motifs is 2. The summed E-state index contributed by atoms with van der Waals surface area (Å²) in [7, 11) is -5.67. The molecule has 8 rings (SSSR count). The molecule has 0 spiro atoms. The average molecular weight is 679 g/mol. The largest absolute Gasteiger partial charge is 0.318 e. The van der Waals surface area contributed by atoms with E-state index in [0.717, 1.165) is 62.0 Å². The molecule has 0 bridgehead atoms. The second kappa shape index (κ2) is 14.2. The second-order valence-electron chi connectivity index (χ2n) is 15.9. The van der Waals surface area contributed by atoms with Crippen LogP contribution < -0.4 is 10.6 Å². The minimum absolute atomic E-state index is 0.260. The van der Waals surface area contributed by atoms with Crippen LogP contribution in [0.3, 0.4) is 0 Å². The van der Waals surface area contributed by atoms with Gasteiger partial charge in [-0.3, -0.25) is 0 Å². The van der Waals surface area contributed by atoms with Gasteiger partial charge in [0.05, 0.1) is 0 Å². The summed E-state index contributed by atoms with van der Waals surface area (Å²) in [4.78, 5) is 0. The van der Waals surface area contributed by atoms with Crippen LogP contribution in [-0.4, -0.2) is 22.6 Å². The van der Waals surface area contributed by atoms with E-state index in [0.29, 0.717) is 0 Å². The Morgan fingerprint density at radius 2 is 0.646 bits per heavy atom. The molecule has 4 aliphatic rings. The Bertz CT molecular complexity index is 1650. The lowest BCUT2D eigenvalue weighted by Crippen LogP contribution is -2.33. The molecule has 4 aromatic carbocycles. The van der Waals surface area contributed by atoms with Gasteiger partial charge in [0.2, 0.25) is 0 Å². The van der Waals surface area contributed by atoms with Crippen LogP contribution >= 0.6 is 14.3 Å². The molecule has 2 nitrogen and oxygen atoms in total. The molecule has 48 heavy (non-hydrogen) atoms. The molecule has 4 aliphatic carbocycles. The van der Waals surface area contributed by atoms with E-state index in [1.54, 1.807) is 0 Å². The molecule has 0 unspecified atom stereocenters. The van der Waals surface area contributed by atoms with Gasteiger partial charge in [0, 0.05) is 44.4 Å². The summed E-state index contributed by atoms with van der Waals surface area (Å²) in [5.74, 6) is 0. The molecular weight excluding hydrogens is 622 g/mol. The Morgan fingerprint density at radius 3 is 0.958 bits per heavy atom. The van der Waals surface area contributed by atoms with Crippen LogP contribution in [0.5, 0.6) is 0 Å². The lowest BCUT2D eigenvalue weighted by Gasteiger charge is -2.41. The number of hydrogen-bond donors (Lipinski definition) is 0. The zero-order valence-corrected chi connectivity index (χ0v) is 30.9. The number of hydrogen-bond acceptors (Lipinski definition) is 2. The third-order valence-corrected chi connectivity index (χ3v) is 21.9. The van der Waals surface area contributed by atoms with Crippen molar-refractivity contribution in [3.63, 3.8) is 0 Å². The van der Waals surface area contributed by atoms with Gasteiger partial charge in [0.15, 0.2) is 0 Å². The van der Waals surface area contributed by atoms with Crippen LogP contribution in [0.25, 0.3) is 32.7 Å². The molecule has 4 fully saturated rings. The van der Waals surface area contributed by atoms with Crippen LogP contribution in [0, 0.1) is 0 Å². The van der Waals surface area contributed by atoms with E-state index in [-0.39, 0.29) is 22.6 Å². The van der Waals surface area contributed by atoms with Crippen molar-refractivity contribution in [2.45, 2.75) is 151 Å². The third kappa shape index (κ3) is 5.80. The highest BCUT2D eigenvalue weighted by Gasteiger charge is 2.47. The zero-order valence-electron chi connectivity index (χ0n) is 29.1. The molecule has 0 heterocycles. The number of rotatable bonds is 7. The average Bonchev–Trinajstić information content (AvgIpc) is 3.18. The first kappa shape index (κ1) is 33.0. The van der Waals surface area contributed by atoms with Crippen LogP contribution in [-0.2, 0) is 9.13 Å². The summed E-state index contributed by atoms with van der Waals surface area (Å²) in [6, 6.07) is 26.9. The van der Waals surface area contributed by atoms with Crippen molar-refractivity contribution >= 4 is 46.4 Å². The molecule has 4 aromatic rings. The Balaban J connectivity index is 1.47. The molecule has 254 valence electrons. The predicted octanol–water partition coefficient (Wildman–Crippen LogP) is 13.0. The lowest BCUT2D eigenvalue weighted by molar-refractivity contribution is 0.452. The highest BCUT2D eigenvalue weighted by atomic mass is 31.2. The smallest absolute Gasteiger partial charge is 0.122 e. The van der Waals surface area contributed by atoms with E-state index in [4.69, 9.17) is 0 Å². The Hall–Kier alpha value is -2.14. The molecule has 0 atom stereocenters. The normalized spacial score (nSPS) is 21.6. The van der Waals surface area contributed by atoms with Gasteiger partial charge in [-0.05, 0) is 72.9 Å². The third-order valence-electron chi connectivity index (χ3n) is 13.3. The maximum atomic E-state index is 16.6. The van der Waals surface area contributed by atoms with Crippen molar-refractivity contribution in [3.05, 3.63) is 72.8 Å². The van der Waals surface area contributed by atoms with Crippen molar-refractivity contribution in [2.24, 2.45) is 0 Å². The summed E-state index contributed by atoms with van der Waals surface area (Å²) >= 11 is 0. The summed E-state index contributed by atoms with van der Waals surface area (Å²) in [5.41, 5.74) is 3.41. The first-order valence-electron chi connectivity index (χ1n) is 19.8. The Labute approximate surface area is 289 Å². The van der Waals surface area contributed by atoms with Gasteiger partial charge in [-0.2, -0.15) is 0 Å². The fourth-order valence-corrected chi connectivity index (χ4v) is 19.9. The van der Waals surface area contributed by atoms with Crippen LogP contribution in [0.1, 0.15) is 128 Å². The van der Waals surface area contributed by atoms with E-state index >= 15 is 9.13 Å². The molecule has 4 heteroatoms. The lowest BCUT2D eigenvalue weighted by atomic mass is 9.93. The van der Waals surface area contributed by atoms with Gasteiger partial charge in [0.1, 0.15) is 14.3 Å². The predicted molar refractivity (Wildman–Crippen MR) is 209 cm³/mol. The van der Waals surface area contributed by atoms with Gasteiger partial charge in [-0.1, -0.05) is 150 Å². The topological polar surface area (TPSA) is 34.1 Å². The Kier molecular flexibility index (Phi) is 9.80. The van der Waals surface area contributed by atoms with Gasteiger partial charge in [-0.25, -0.2) is 0 Å². The van der Waals surface area contributed by atoms with Gasteiger partial charge in [0.25, 0.3) is 0 Å². The van der Waals surface area contributed by atoms with Crippen LogP contribution in [0.15, 0.2) is 72.8 Å². The van der Waals surface area contributed by atoms with E-state index < -0.39 is 14.3 Å². The summed E-state index contributed by atoms with van der Waals surface area (Å²) in [6.45, 7) is 0. The summed E-state index contributed by atoms with van der Waals surface area (Å²) in [5, 5.41) is 7.10. The molecule has 0 aromatic heterocycles. The Morgan fingerprint density at radius 1 is 0.354 bits per heavy atom. The number of benzene rings is 4. The fraction of sp³-hybridized carbons (Fsp3) is 0.545. The maximum absolute atomic E-state index is 16.6. The molecule has 0 radical (unpaired) electrons. The monoisotopic (exact) mass is 678 g/mol. The van der Waals surface area contributed by atoms with Gasteiger partial charge in [-0.15, -0.1) is 0 Å². The van der Waals surface area contributed by atoms with Crippen molar-refractivity contribution in [1.29, 1.82) is 0 Å². The van der Waals surface area contributed by atoms with Crippen LogP contribution in [0.2, 0.25) is 0 Å². The minimum atomic E-state index is -2.83. The zero-order chi connectivity index (χ0) is 32.6. The molecule has 0 N–H and O–H groups in total. The van der Waals surface area contributed by atoms with E-state index in [1.807, 2.05) is 0 Å². The molecular formula is C44H56O2P2. The van der Waals surface area contributed by atoms with Gasteiger partial charge < -0.3 is 9.13 Å². The first-order valence-corrected chi connectivity index (χ1v) is 23.5. The molecule has 0 aliphatic heterocycles. The minimum Gasteiger partial charge on any atom is -0.318 e. The van der Waals surface area contributed by atoms with Crippen molar-refractivity contribution in [3.8, 4) is 11.1 Å². The van der Waals surface area contributed by atoms with Crippen LogP contribution in [0.4, 0.5) is 0 Å². The fourth-order valence-electron chi connectivity index (χ4n) is 10.9. The summed E-state index contributed by atoms with van der Waals surface area (Å²) in [6.07, 6.45) is 23.4. The maximum Gasteiger partial charge on any atom is 0.122 e. The van der Waals surface area contributed by atoms with E-state index in [9.17, 15) is 0 Å². The quantitative estimate of drug-likeness (QED) is 0.182. The highest BCUT2D eigenvalue weighted by Crippen LogP contribution is 2.66. The SMILES string of the molecule is O=P(c1ccc2ccccc2c1-c1c(P(=O)(C2CCCCC2)C2CCCCC2)ccc2ccccc12)(C1CCCCC1)C1CCCCC1. The van der Waals surface area contributed by atoms with Crippen molar-refractivity contribution in [1.82, 2.24) is 0 Å². The first-order chi connectivity index (χ1) is 23.6. The van der Waals surface area contributed by atoms with Crippen molar-refractivity contribution in [2.75, 3.05) is 0 Å². The van der Waals surface area contributed by atoms with Crippen molar-refractivity contribution < 1.29 is 9.13 Å². The molecule has 4 saturated carbocycles. The molecule has 0 saturated heterocycles. The van der Waals surface area contributed by atoms with E-state index in [2.05, 4.69) is 72.8 Å². The second-order valence-corrected chi connectivity index (χ2v) is 22.7.